The molecule has 100 valence electrons. The molecule has 0 saturated carbocycles. The normalized spacial score (nSPS) is 11.6. The van der Waals surface area contributed by atoms with Gasteiger partial charge in [-0.15, -0.1) is 0 Å². The Hall–Kier alpha value is -0.450. The van der Waals surface area contributed by atoms with E-state index in [-0.39, 0.29) is 29.9 Å². The highest BCUT2D eigenvalue weighted by molar-refractivity contribution is 7.91. The number of hydrogen-bond donors (Lipinski definition) is 0. The van der Waals surface area contributed by atoms with Crippen LogP contribution in [0.2, 0.25) is 20.1 Å². The number of rotatable bonds is 2. The smallest absolute Gasteiger partial charge is 0.208 e. The molecule has 0 aliphatic heterocycles. The zero-order valence-corrected chi connectivity index (χ0v) is 13.0. The third-order valence-corrected chi connectivity index (χ3v) is 5.87. The monoisotopic (exact) mass is 354 g/mol. The first kappa shape index (κ1) is 14.9. The lowest BCUT2D eigenvalue weighted by molar-refractivity contribution is 0.596. The van der Waals surface area contributed by atoms with E-state index >= 15 is 0 Å². The molecule has 0 spiro atoms. The molecule has 2 rings (SSSR count). The fraction of sp³-hybridized carbons (Fsp3) is 0. The van der Waals surface area contributed by atoms with Crippen LogP contribution in [0.1, 0.15) is 0 Å². The highest BCUT2D eigenvalue weighted by Crippen LogP contribution is 2.34. The average Bonchev–Trinajstić information content (AvgIpc) is 2.35. The topological polar surface area (TPSA) is 34.1 Å². The molecule has 0 atom stereocenters. The van der Waals surface area contributed by atoms with Gasteiger partial charge in [0.1, 0.15) is 0 Å². The predicted octanol–water partition coefficient (Wildman–Crippen LogP) is 5.13. The quantitative estimate of drug-likeness (QED) is 0.747. The molecular weight excluding hydrogens is 350 g/mol. The maximum Gasteiger partial charge on any atom is 0.208 e. The molecule has 0 radical (unpaired) electrons. The molecule has 2 aromatic carbocycles. The summed E-state index contributed by atoms with van der Waals surface area (Å²) in [6.07, 6.45) is 0. The third-order valence-electron chi connectivity index (χ3n) is 2.41. The molecule has 2 nitrogen and oxygen atoms in total. The van der Waals surface area contributed by atoms with Gasteiger partial charge in [0.15, 0.2) is 0 Å². The Balaban J connectivity index is 2.65. The summed E-state index contributed by atoms with van der Waals surface area (Å²) in [6.45, 7) is 0. The molecule has 0 amide bonds. The molecule has 0 N–H and O–H groups in total. The van der Waals surface area contributed by atoms with E-state index in [0.717, 1.165) is 0 Å². The maximum atomic E-state index is 12.4. The summed E-state index contributed by atoms with van der Waals surface area (Å²) in [4.78, 5) is -0.0638. The van der Waals surface area contributed by atoms with Gasteiger partial charge in [0.2, 0.25) is 9.84 Å². The summed E-state index contributed by atoms with van der Waals surface area (Å²) < 4.78 is 24.9. The van der Waals surface area contributed by atoms with Crippen molar-refractivity contribution in [2.24, 2.45) is 0 Å². The first-order chi connectivity index (χ1) is 8.84. The molecule has 2 aromatic rings. The van der Waals surface area contributed by atoms with Crippen LogP contribution in [-0.4, -0.2) is 8.42 Å². The fourth-order valence-corrected chi connectivity index (χ4v) is 3.86. The van der Waals surface area contributed by atoms with Gasteiger partial charge in [-0.3, -0.25) is 0 Å². The van der Waals surface area contributed by atoms with Gasteiger partial charge in [0.25, 0.3) is 0 Å². The molecule has 7 heteroatoms. The minimum Gasteiger partial charge on any atom is -0.218 e. The lowest BCUT2D eigenvalue weighted by Crippen LogP contribution is -2.03. The SMILES string of the molecule is O=S(=O)(c1ccc(Cl)c(Cl)c1)c1cccc(Cl)c1Cl. The van der Waals surface area contributed by atoms with E-state index in [1.807, 2.05) is 0 Å². The molecule has 0 aromatic heterocycles. The summed E-state index contributed by atoms with van der Waals surface area (Å²) in [5, 5.41) is 0.580. The van der Waals surface area contributed by atoms with Crippen molar-refractivity contribution in [1.82, 2.24) is 0 Å². The van der Waals surface area contributed by atoms with Gasteiger partial charge >= 0.3 is 0 Å². The number of sulfone groups is 1. The zero-order valence-electron chi connectivity index (χ0n) is 9.20. The van der Waals surface area contributed by atoms with Crippen LogP contribution in [0.25, 0.3) is 0 Å². The van der Waals surface area contributed by atoms with Crippen molar-refractivity contribution < 1.29 is 8.42 Å². The van der Waals surface area contributed by atoms with Crippen LogP contribution >= 0.6 is 46.4 Å². The lowest BCUT2D eigenvalue weighted by atomic mass is 10.3. The summed E-state index contributed by atoms with van der Waals surface area (Å²) >= 11 is 23.3. The van der Waals surface area contributed by atoms with E-state index in [0.29, 0.717) is 0 Å². The molecular formula is C12H6Cl4O2S. The first-order valence-electron chi connectivity index (χ1n) is 4.98. The minimum atomic E-state index is -3.79. The first-order valence-corrected chi connectivity index (χ1v) is 7.97. The van der Waals surface area contributed by atoms with E-state index in [2.05, 4.69) is 0 Å². The molecule has 19 heavy (non-hydrogen) atoms. The molecule has 0 aliphatic rings. The van der Waals surface area contributed by atoms with Crippen LogP contribution in [0, 0.1) is 0 Å². The summed E-state index contributed by atoms with van der Waals surface area (Å²) in [7, 11) is -3.79. The number of hydrogen-bond acceptors (Lipinski definition) is 2. The van der Waals surface area contributed by atoms with Crippen molar-refractivity contribution in [2.75, 3.05) is 0 Å². The molecule has 0 fully saturated rings. The van der Waals surface area contributed by atoms with Crippen molar-refractivity contribution in [2.45, 2.75) is 9.79 Å². The Morgan fingerprint density at radius 2 is 1.47 bits per heavy atom. The van der Waals surface area contributed by atoms with Crippen LogP contribution in [0.3, 0.4) is 0 Å². The van der Waals surface area contributed by atoms with Gasteiger partial charge in [-0.05, 0) is 30.3 Å². The van der Waals surface area contributed by atoms with Gasteiger partial charge in [0, 0.05) is 0 Å². The molecule has 0 saturated heterocycles. The van der Waals surface area contributed by atoms with Gasteiger partial charge in [-0.25, -0.2) is 8.42 Å². The number of halogens is 4. The van der Waals surface area contributed by atoms with Crippen LogP contribution in [-0.2, 0) is 9.84 Å². The lowest BCUT2D eigenvalue weighted by Gasteiger charge is -2.08. The second kappa shape index (κ2) is 5.51. The van der Waals surface area contributed by atoms with Gasteiger partial charge < -0.3 is 0 Å². The van der Waals surface area contributed by atoms with E-state index in [9.17, 15) is 8.42 Å². The second-order valence-corrected chi connectivity index (χ2v) is 7.15. The highest BCUT2D eigenvalue weighted by Gasteiger charge is 2.22. The van der Waals surface area contributed by atoms with Crippen molar-refractivity contribution >= 4 is 56.2 Å². The summed E-state index contributed by atoms with van der Waals surface area (Å²) in [5.41, 5.74) is 0. The molecule has 0 bridgehead atoms. The highest BCUT2D eigenvalue weighted by atomic mass is 35.5. The Bertz CT molecular complexity index is 741. The largest absolute Gasteiger partial charge is 0.218 e. The van der Waals surface area contributed by atoms with E-state index in [1.54, 1.807) is 0 Å². The van der Waals surface area contributed by atoms with Crippen molar-refractivity contribution in [3.05, 3.63) is 56.5 Å². The van der Waals surface area contributed by atoms with E-state index in [1.165, 1.54) is 36.4 Å². The van der Waals surface area contributed by atoms with Crippen molar-refractivity contribution in [3.8, 4) is 0 Å². The molecule has 0 aliphatic carbocycles. The van der Waals surface area contributed by atoms with Crippen LogP contribution in [0.15, 0.2) is 46.2 Å². The molecule has 0 unspecified atom stereocenters. The van der Waals surface area contributed by atoms with Crippen LogP contribution < -0.4 is 0 Å². The van der Waals surface area contributed by atoms with E-state index in [4.69, 9.17) is 46.4 Å². The summed E-state index contributed by atoms with van der Waals surface area (Å²) in [5.74, 6) is 0. The minimum absolute atomic E-state index is 0.00562. The summed E-state index contributed by atoms with van der Waals surface area (Å²) in [6, 6.07) is 8.45. The van der Waals surface area contributed by atoms with Crippen molar-refractivity contribution in [3.63, 3.8) is 0 Å². The van der Waals surface area contributed by atoms with Gasteiger partial charge in [0.05, 0.1) is 29.9 Å². The predicted molar refractivity (Wildman–Crippen MR) is 78.4 cm³/mol. The third kappa shape index (κ3) is 2.86. The van der Waals surface area contributed by atoms with Crippen molar-refractivity contribution in [1.29, 1.82) is 0 Å². The second-order valence-electron chi connectivity index (χ2n) is 3.63. The standard InChI is InChI=1S/C12H6Cl4O2S/c13-8-5-4-7(6-10(8)15)19(17,18)11-3-1-2-9(14)12(11)16/h1-6H. The van der Waals surface area contributed by atoms with Crippen LogP contribution in [0.4, 0.5) is 0 Å². The maximum absolute atomic E-state index is 12.4. The molecule has 0 heterocycles. The fourth-order valence-electron chi connectivity index (χ4n) is 1.46. The Morgan fingerprint density at radius 1 is 0.789 bits per heavy atom. The van der Waals surface area contributed by atoms with Gasteiger partial charge in [-0.2, -0.15) is 0 Å². The zero-order chi connectivity index (χ0) is 14.2. The van der Waals surface area contributed by atoms with Gasteiger partial charge in [-0.1, -0.05) is 52.5 Å². The Morgan fingerprint density at radius 3 is 2.11 bits per heavy atom. The number of benzene rings is 2. The average molecular weight is 356 g/mol. The van der Waals surface area contributed by atoms with Crippen LogP contribution in [0.5, 0.6) is 0 Å². The Kier molecular flexibility index (Phi) is 4.33. The van der Waals surface area contributed by atoms with E-state index < -0.39 is 9.84 Å². The Labute approximate surface area is 130 Å².